The van der Waals surface area contributed by atoms with Gasteiger partial charge in [0.1, 0.15) is 0 Å². The highest BCUT2D eigenvalue weighted by atomic mass is 16.6. The van der Waals surface area contributed by atoms with Gasteiger partial charge >= 0.3 is 0 Å². The highest BCUT2D eigenvalue weighted by Crippen LogP contribution is 2.24. The van der Waals surface area contributed by atoms with Crippen LogP contribution in [0.25, 0.3) is 0 Å². The molecule has 0 unspecified atom stereocenters. The topological polar surface area (TPSA) is 69.2 Å². The highest BCUT2D eigenvalue weighted by Gasteiger charge is 2.13. The molecule has 0 saturated carbocycles. The van der Waals surface area contributed by atoms with Crippen LogP contribution < -0.4 is 5.73 Å². The molecule has 0 aromatic heterocycles. The minimum absolute atomic E-state index is 0.111. The summed E-state index contributed by atoms with van der Waals surface area (Å²) in [5, 5.41) is 10.6. The van der Waals surface area contributed by atoms with E-state index in [1.54, 1.807) is 12.1 Å². The Morgan fingerprint density at radius 3 is 2.43 bits per heavy atom. The monoisotopic (exact) mass is 194 g/mol. The van der Waals surface area contributed by atoms with Gasteiger partial charge in [0.15, 0.2) is 0 Å². The molecule has 1 aromatic rings. The molecule has 0 spiro atoms. The van der Waals surface area contributed by atoms with Gasteiger partial charge in [-0.1, -0.05) is 0 Å². The van der Waals surface area contributed by atoms with Crippen molar-refractivity contribution in [3.63, 3.8) is 0 Å². The van der Waals surface area contributed by atoms with Crippen LogP contribution in [0.1, 0.15) is 29.7 Å². The van der Waals surface area contributed by atoms with E-state index in [1.165, 1.54) is 0 Å². The van der Waals surface area contributed by atoms with Crippen LogP contribution in [-0.2, 0) is 0 Å². The number of non-ortho nitro benzene ring substituents is 1. The molecule has 4 nitrogen and oxygen atoms in total. The third-order valence-electron chi connectivity index (χ3n) is 2.39. The average Bonchev–Trinajstić information content (AvgIpc) is 2.08. The number of rotatable bonds is 2. The Labute approximate surface area is 82.9 Å². The number of nitro benzene ring substituents is 1. The summed E-state index contributed by atoms with van der Waals surface area (Å²) in [7, 11) is 0. The van der Waals surface area contributed by atoms with Crippen molar-refractivity contribution in [1.82, 2.24) is 0 Å². The first-order valence-electron chi connectivity index (χ1n) is 4.44. The Balaban J connectivity index is 3.35. The number of nitro groups is 1. The quantitative estimate of drug-likeness (QED) is 0.579. The predicted octanol–water partition coefficient (Wildman–Crippen LogP) is 2.23. The molecule has 4 heteroatoms. The normalized spacial score (nSPS) is 12.6. The van der Waals surface area contributed by atoms with Crippen LogP contribution in [0.4, 0.5) is 5.69 Å². The predicted molar refractivity (Wildman–Crippen MR) is 55.2 cm³/mol. The van der Waals surface area contributed by atoms with E-state index in [-0.39, 0.29) is 11.7 Å². The van der Waals surface area contributed by atoms with Crippen molar-refractivity contribution in [3.8, 4) is 0 Å². The van der Waals surface area contributed by atoms with E-state index < -0.39 is 4.92 Å². The Kier molecular flexibility index (Phi) is 2.86. The molecule has 1 rings (SSSR count). The Morgan fingerprint density at radius 2 is 2.00 bits per heavy atom. The maximum atomic E-state index is 10.6. The Hall–Kier alpha value is -1.42. The van der Waals surface area contributed by atoms with Gasteiger partial charge in [-0.3, -0.25) is 10.1 Å². The maximum Gasteiger partial charge on any atom is 0.270 e. The van der Waals surface area contributed by atoms with Gasteiger partial charge in [0.05, 0.1) is 4.92 Å². The summed E-state index contributed by atoms with van der Waals surface area (Å²) < 4.78 is 0. The van der Waals surface area contributed by atoms with Crippen molar-refractivity contribution in [2.24, 2.45) is 5.73 Å². The fourth-order valence-corrected chi connectivity index (χ4v) is 1.45. The molecular weight excluding hydrogens is 180 g/mol. The second-order valence-corrected chi connectivity index (χ2v) is 3.52. The van der Waals surface area contributed by atoms with Crippen molar-refractivity contribution in [3.05, 3.63) is 38.9 Å². The molecule has 0 aliphatic heterocycles. The summed E-state index contributed by atoms with van der Waals surface area (Å²) in [5.41, 5.74) is 8.63. The Morgan fingerprint density at radius 1 is 1.43 bits per heavy atom. The fraction of sp³-hybridized carbons (Fsp3) is 0.400. The van der Waals surface area contributed by atoms with Gasteiger partial charge in [0.2, 0.25) is 0 Å². The smallest absolute Gasteiger partial charge is 0.270 e. The first kappa shape index (κ1) is 10.7. The van der Waals surface area contributed by atoms with Gasteiger partial charge in [-0.05, 0) is 37.5 Å². The first-order valence-corrected chi connectivity index (χ1v) is 4.44. The number of hydrogen-bond acceptors (Lipinski definition) is 3. The number of hydrogen-bond donors (Lipinski definition) is 1. The van der Waals surface area contributed by atoms with Crippen molar-refractivity contribution in [2.45, 2.75) is 26.8 Å². The molecule has 0 aliphatic carbocycles. The SMILES string of the molecule is Cc1cc([N+](=O)[O-])cc([C@@H](C)N)c1C. The number of benzene rings is 1. The van der Waals surface area contributed by atoms with E-state index >= 15 is 0 Å². The molecule has 0 radical (unpaired) electrons. The number of nitrogens with zero attached hydrogens (tertiary/aromatic N) is 1. The zero-order chi connectivity index (χ0) is 10.9. The second-order valence-electron chi connectivity index (χ2n) is 3.52. The van der Waals surface area contributed by atoms with E-state index in [9.17, 15) is 10.1 Å². The zero-order valence-corrected chi connectivity index (χ0v) is 8.57. The van der Waals surface area contributed by atoms with Gasteiger partial charge in [-0.15, -0.1) is 0 Å². The van der Waals surface area contributed by atoms with E-state index in [2.05, 4.69) is 0 Å². The van der Waals surface area contributed by atoms with Crippen LogP contribution in [0.15, 0.2) is 12.1 Å². The molecule has 0 fully saturated rings. The summed E-state index contributed by atoms with van der Waals surface area (Å²) in [6.45, 7) is 5.61. The molecule has 0 aliphatic rings. The molecule has 76 valence electrons. The van der Waals surface area contributed by atoms with Gasteiger partial charge in [-0.2, -0.15) is 0 Å². The summed E-state index contributed by atoms with van der Waals surface area (Å²) in [5.74, 6) is 0. The lowest BCUT2D eigenvalue weighted by atomic mass is 9.98. The molecule has 0 amide bonds. The van der Waals surface area contributed by atoms with Crippen LogP contribution in [-0.4, -0.2) is 4.92 Å². The summed E-state index contributed by atoms with van der Waals surface area (Å²) in [4.78, 5) is 10.2. The molecule has 14 heavy (non-hydrogen) atoms. The number of aryl methyl sites for hydroxylation is 1. The lowest BCUT2D eigenvalue weighted by Gasteiger charge is -2.11. The second kappa shape index (κ2) is 3.75. The van der Waals surface area contributed by atoms with E-state index in [4.69, 9.17) is 5.73 Å². The molecule has 2 N–H and O–H groups in total. The van der Waals surface area contributed by atoms with Crippen LogP contribution >= 0.6 is 0 Å². The Bertz CT molecular complexity index is 373. The zero-order valence-electron chi connectivity index (χ0n) is 8.57. The lowest BCUT2D eigenvalue weighted by molar-refractivity contribution is -0.385. The molecular formula is C10H14N2O2. The summed E-state index contributed by atoms with van der Waals surface area (Å²) in [6.07, 6.45) is 0. The van der Waals surface area contributed by atoms with Gasteiger partial charge < -0.3 is 5.73 Å². The van der Waals surface area contributed by atoms with Crippen LogP contribution in [0.3, 0.4) is 0 Å². The van der Waals surface area contributed by atoms with Crippen LogP contribution in [0.2, 0.25) is 0 Å². The molecule has 0 bridgehead atoms. The standard InChI is InChI=1S/C10H14N2O2/c1-6-4-9(12(13)14)5-10(7(6)2)8(3)11/h4-5,8H,11H2,1-3H3/t8-/m1/s1. The molecule has 0 saturated heterocycles. The third-order valence-corrected chi connectivity index (χ3v) is 2.39. The average molecular weight is 194 g/mol. The van der Waals surface area contributed by atoms with Crippen molar-refractivity contribution in [1.29, 1.82) is 0 Å². The molecule has 1 aromatic carbocycles. The van der Waals surface area contributed by atoms with E-state index in [0.717, 1.165) is 16.7 Å². The fourth-order valence-electron chi connectivity index (χ4n) is 1.45. The van der Waals surface area contributed by atoms with E-state index in [1.807, 2.05) is 20.8 Å². The van der Waals surface area contributed by atoms with Gasteiger partial charge in [0.25, 0.3) is 5.69 Å². The summed E-state index contributed by atoms with van der Waals surface area (Å²) >= 11 is 0. The minimum Gasteiger partial charge on any atom is -0.324 e. The van der Waals surface area contributed by atoms with E-state index in [0.29, 0.717) is 0 Å². The minimum atomic E-state index is -0.391. The van der Waals surface area contributed by atoms with Crippen molar-refractivity contribution in [2.75, 3.05) is 0 Å². The highest BCUT2D eigenvalue weighted by molar-refractivity contribution is 5.45. The molecule has 0 heterocycles. The van der Waals surface area contributed by atoms with Crippen LogP contribution in [0.5, 0.6) is 0 Å². The van der Waals surface area contributed by atoms with Crippen LogP contribution in [0, 0.1) is 24.0 Å². The molecule has 1 atom stereocenters. The lowest BCUT2D eigenvalue weighted by Crippen LogP contribution is -2.08. The van der Waals surface area contributed by atoms with Gasteiger partial charge in [-0.25, -0.2) is 0 Å². The van der Waals surface area contributed by atoms with Crippen molar-refractivity contribution < 1.29 is 4.92 Å². The largest absolute Gasteiger partial charge is 0.324 e. The first-order chi connectivity index (χ1) is 6.43. The maximum absolute atomic E-state index is 10.6. The third kappa shape index (κ3) is 1.90. The number of nitrogens with two attached hydrogens (primary N) is 1. The van der Waals surface area contributed by atoms with Gasteiger partial charge in [0, 0.05) is 18.2 Å². The van der Waals surface area contributed by atoms with Crippen molar-refractivity contribution >= 4 is 5.69 Å². The summed E-state index contributed by atoms with van der Waals surface area (Å²) in [6, 6.07) is 2.95.